The number of anilines is 1. The predicted molar refractivity (Wildman–Crippen MR) is 100 cm³/mol. The Morgan fingerprint density at radius 3 is 2.14 bits per heavy atom. The van der Waals surface area contributed by atoms with Gasteiger partial charge < -0.3 is 10.1 Å². The second kappa shape index (κ2) is 8.43. The van der Waals surface area contributed by atoms with Gasteiger partial charge in [0.05, 0.1) is 10.5 Å². The third-order valence-electron chi connectivity index (χ3n) is 2.69. The van der Waals surface area contributed by atoms with E-state index in [9.17, 15) is 4.79 Å². The zero-order valence-corrected chi connectivity index (χ0v) is 15.5. The number of rotatable bonds is 6. The van der Waals surface area contributed by atoms with Gasteiger partial charge in [-0.3, -0.25) is 4.79 Å². The molecule has 0 aliphatic heterocycles. The van der Waals surface area contributed by atoms with Gasteiger partial charge in [-0.1, -0.05) is 34.4 Å². The van der Waals surface area contributed by atoms with E-state index in [1.807, 2.05) is 85.0 Å². The first kappa shape index (κ1) is 17.1. The predicted octanol–water partition coefficient (Wildman–Crippen LogP) is 5.00. The Morgan fingerprint density at radius 2 is 1.64 bits per heavy atom. The van der Waals surface area contributed by atoms with E-state index in [2.05, 4.69) is 5.32 Å². The van der Waals surface area contributed by atoms with Crippen molar-refractivity contribution >= 4 is 45.9 Å². The van der Waals surface area contributed by atoms with Gasteiger partial charge in [0.15, 0.2) is 0 Å². The van der Waals surface area contributed by atoms with Crippen LogP contribution in [0, 0.1) is 0 Å². The Kier molecular flexibility index (Phi) is 6.57. The molecule has 0 aromatic heterocycles. The molecule has 2 rings (SSSR count). The van der Waals surface area contributed by atoms with Crippen molar-refractivity contribution in [1.29, 1.82) is 0 Å². The van der Waals surface area contributed by atoms with Crippen molar-refractivity contribution in [2.45, 2.75) is 29.7 Å². The lowest BCUT2D eigenvalue weighted by atomic mass is 10.3. The molecule has 2 aromatic carbocycles. The maximum Gasteiger partial charge on any atom is 0.234 e. The van der Waals surface area contributed by atoms with Crippen LogP contribution in [0.1, 0.15) is 13.8 Å². The van der Waals surface area contributed by atoms with E-state index in [0.29, 0.717) is 4.43 Å². The van der Waals surface area contributed by atoms with Crippen molar-refractivity contribution in [3.63, 3.8) is 0 Å². The normalized spacial score (nSPS) is 10.5. The summed E-state index contributed by atoms with van der Waals surface area (Å²) >= 11 is 3.72. The van der Waals surface area contributed by atoms with Crippen LogP contribution in [0.4, 0.5) is 5.69 Å². The smallest absolute Gasteiger partial charge is 0.234 e. The third-order valence-corrected chi connectivity index (χ3v) is 4.40. The minimum atomic E-state index is 0.0155. The maximum atomic E-state index is 11.3. The van der Waals surface area contributed by atoms with Crippen LogP contribution in [0.5, 0.6) is 5.75 Å². The first-order chi connectivity index (χ1) is 10.6. The van der Waals surface area contributed by atoms with Crippen LogP contribution in [0.25, 0.3) is 0 Å². The van der Waals surface area contributed by atoms with Gasteiger partial charge in [0.25, 0.3) is 0 Å². The Hall–Kier alpha value is -1.21. The number of hydrogen-bond donors (Lipinski definition) is 1. The number of benzene rings is 2. The van der Waals surface area contributed by atoms with Gasteiger partial charge in [-0.25, -0.2) is 0 Å². The van der Waals surface area contributed by atoms with E-state index in [4.69, 9.17) is 4.74 Å². The van der Waals surface area contributed by atoms with E-state index >= 15 is 0 Å². The highest BCUT2D eigenvalue weighted by Gasteiger charge is 2.02. The van der Waals surface area contributed by atoms with Crippen LogP contribution >= 0.6 is 34.4 Å². The number of nitrogens with one attached hydrogen (secondary N) is 1. The molecule has 2 aromatic rings. The average molecular weight is 427 g/mol. The highest BCUT2D eigenvalue weighted by molar-refractivity contribution is 14.1. The summed E-state index contributed by atoms with van der Waals surface area (Å²) in [5, 5.41) is 2.84. The first-order valence-electron chi connectivity index (χ1n) is 6.97. The summed E-state index contributed by atoms with van der Waals surface area (Å²) in [7, 11) is 0. The average Bonchev–Trinajstić information content (AvgIpc) is 2.50. The molecule has 0 bridgehead atoms. The first-order valence-corrected chi connectivity index (χ1v) is 9.31. The minimum absolute atomic E-state index is 0.0155. The summed E-state index contributed by atoms with van der Waals surface area (Å²) in [6.45, 7) is 4.03. The van der Waals surface area contributed by atoms with Gasteiger partial charge >= 0.3 is 0 Å². The number of amides is 1. The molecule has 0 atom stereocenters. The molecule has 0 saturated heterocycles. The van der Waals surface area contributed by atoms with E-state index in [-0.39, 0.29) is 12.0 Å². The highest BCUT2D eigenvalue weighted by atomic mass is 127. The SMILES string of the molecule is CC(C)Oc1ccc(Sc2ccc(NC(=O)CI)cc2)cc1. The monoisotopic (exact) mass is 427 g/mol. The van der Waals surface area contributed by atoms with Gasteiger partial charge in [0.1, 0.15) is 5.75 Å². The van der Waals surface area contributed by atoms with E-state index in [1.54, 1.807) is 11.8 Å². The van der Waals surface area contributed by atoms with E-state index in [1.165, 1.54) is 0 Å². The fourth-order valence-electron chi connectivity index (χ4n) is 1.80. The molecular formula is C17H18INO2S. The Morgan fingerprint density at radius 1 is 1.09 bits per heavy atom. The fraction of sp³-hybridized carbons (Fsp3) is 0.235. The summed E-state index contributed by atoms with van der Waals surface area (Å²) in [4.78, 5) is 13.6. The molecule has 1 N–H and O–H groups in total. The van der Waals surface area contributed by atoms with Crippen molar-refractivity contribution < 1.29 is 9.53 Å². The van der Waals surface area contributed by atoms with Gasteiger partial charge in [0.2, 0.25) is 5.91 Å². The number of alkyl halides is 1. The number of carbonyl (C=O) groups excluding carboxylic acids is 1. The lowest BCUT2D eigenvalue weighted by Crippen LogP contribution is -2.11. The summed E-state index contributed by atoms with van der Waals surface area (Å²) in [6.07, 6.45) is 0.184. The molecule has 3 nitrogen and oxygen atoms in total. The zero-order chi connectivity index (χ0) is 15.9. The second-order valence-corrected chi connectivity index (χ2v) is 6.86. The van der Waals surface area contributed by atoms with Crippen LogP contribution in [-0.4, -0.2) is 16.4 Å². The highest BCUT2D eigenvalue weighted by Crippen LogP contribution is 2.30. The lowest BCUT2D eigenvalue weighted by Gasteiger charge is -2.10. The van der Waals surface area contributed by atoms with Gasteiger partial charge in [0, 0.05) is 15.5 Å². The molecular weight excluding hydrogens is 409 g/mol. The molecule has 0 saturated carbocycles. The molecule has 116 valence electrons. The second-order valence-electron chi connectivity index (χ2n) is 4.95. The fourth-order valence-corrected chi connectivity index (χ4v) is 2.80. The van der Waals surface area contributed by atoms with Crippen molar-refractivity contribution in [3.05, 3.63) is 48.5 Å². The summed E-state index contributed by atoms with van der Waals surface area (Å²) < 4.78 is 6.09. The maximum absolute atomic E-state index is 11.3. The summed E-state index contributed by atoms with van der Waals surface area (Å²) in [5.41, 5.74) is 0.826. The van der Waals surface area contributed by atoms with Crippen molar-refractivity contribution in [2.75, 3.05) is 9.74 Å². The van der Waals surface area contributed by atoms with Crippen LogP contribution in [-0.2, 0) is 4.79 Å². The van der Waals surface area contributed by atoms with Crippen molar-refractivity contribution in [3.8, 4) is 5.75 Å². The van der Waals surface area contributed by atoms with Crippen LogP contribution < -0.4 is 10.1 Å². The number of ether oxygens (including phenoxy) is 1. The largest absolute Gasteiger partial charge is 0.491 e. The standard InChI is InChI=1S/C17H18INO2S/c1-12(2)21-14-5-9-16(10-6-14)22-15-7-3-13(4-8-15)19-17(20)11-18/h3-10,12H,11H2,1-2H3,(H,19,20). The molecule has 0 aliphatic rings. The Bertz CT molecular complexity index is 612. The Balaban J connectivity index is 1.97. The third kappa shape index (κ3) is 5.53. The number of halogens is 1. The van der Waals surface area contributed by atoms with E-state index < -0.39 is 0 Å². The van der Waals surface area contributed by atoms with Crippen LogP contribution in [0.15, 0.2) is 58.3 Å². The molecule has 0 spiro atoms. The van der Waals surface area contributed by atoms with Crippen molar-refractivity contribution in [2.24, 2.45) is 0 Å². The quantitative estimate of drug-likeness (QED) is 0.521. The molecule has 5 heteroatoms. The molecule has 1 amide bonds. The zero-order valence-electron chi connectivity index (χ0n) is 12.5. The van der Waals surface area contributed by atoms with Gasteiger partial charge in [-0.15, -0.1) is 0 Å². The topological polar surface area (TPSA) is 38.3 Å². The summed E-state index contributed by atoms with van der Waals surface area (Å²) in [5.74, 6) is 0.901. The van der Waals surface area contributed by atoms with Crippen molar-refractivity contribution in [1.82, 2.24) is 0 Å². The molecule has 0 fully saturated rings. The van der Waals surface area contributed by atoms with Crippen LogP contribution in [0.2, 0.25) is 0 Å². The molecule has 22 heavy (non-hydrogen) atoms. The van der Waals surface area contributed by atoms with Gasteiger partial charge in [-0.2, -0.15) is 0 Å². The number of carbonyl (C=O) groups is 1. The summed E-state index contributed by atoms with van der Waals surface area (Å²) in [6, 6.07) is 15.9. The van der Waals surface area contributed by atoms with E-state index in [0.717, 1.165) is 21.2 Å². The minimum Gasteiger partial charge on any atom is -0.491 e. The lowest BCUT2D eigenvalue weighted by molar-refractivity contribution is -0.113. The molecule has 0 aliphatic carbocycles. The van der Waals surface area contributed by atoms with Crippen LogP contribution in [0.3, 0.4) is 0 Å². The molecule has 0 unspecified atom stereocenters. The van der Waals surface area contributed by atoms with Gasteiger partial charge in [-0.05, 0) is 62.4 Å². The molecule has 0 heterocycles. The number of hydrogen-bond acceptors (Lipinski definition) is 3. The molecule has 0 radical (unpaired) electrons. The Labute approximate surface area is 149 Å².